The van der Waals surface area contributed by atoms with E-state index >= 15 is 0 Å². The van der Waals surface area contributed by atoms with Gasteiger partial charge in [-0.15, -0.1) is 0 Å². The molecule has 118 valence electrons. The second-order valence-corrected chi connectivity index (χ2v) is 5.22. The van der Waals surface area contributed by atoms with E-state index in [2.05, 4.69) is 10.1 Å². The third kappa shape index (κ3) is 4.31. The molecule has 1 fully saturated rings. The van der Waals surface area contributed by atoms with Gasteiger partial charge in [-0.3, -0.25) is 9.59 Å². The van der Waals surface area contributed by atoms with Gasteiger partial charge in [-0.1, -0.05) is 30.3 Å². The average Bonchev–Trinajstić information content (AvgIpc) is 2.50. The lowest BCUT2D eigenvalue weighted by Crippen LogP contribution is -2.50. The van der Waals surface area contributed by atoms with Gasteiger partial charge in [-0.2, -0.15) is 0 Å². The summed E-state index contributed by atoms with van der Waals surface area (Å²) in [5.41, 5.74) is 0.893. The number of rotatable bonds is 6. The predicted octanol–water partition coefficient (Wildman–Crippen LogP) is 1.82. The number of alkyl carbamates (subject to hydrolysis) is 1. The highest BCUT2D eigenvalue weighted by molar-refractivity contribution is 5.97. The van der Waals surface area contributed by atoms with E-state index in [0.717, 1.165) is 5.56 Å². The molecule has 1 amide bonds. The van der Waals surface area contributed by atoms with Crippen LogP contribution in [-0.4, -0.2) is 31.0 Å². The summed E-state index contributed by atoms with van der Waals surface area (Å²) in [5, 5.41) is 2.67. The van der Waals surface area contributed by atoms with Crippen LogP contribution >= 0.6 is 0 Å². The Morgan fingerprint density at radius 1 is 1.18 bits per heavy atom. The highest BCUT2D eigenvalue weighted by atomic mass is 16.5. The first-order valence-electron chi connectivity index (χ1n) is 7.17. The molecule has 2 atom stereocenters. The molecule has 6 nitrogen and oxygen atoms in total. The van der Waals surface area contributed by atoms with E-state index in [1.807, 2.05) is 30.3 Å². The molecular weight excluding hydrogens is 286 g/mol. The number of methoxy groups -OCH3 is 1. The van der Waals surface area contributed by atoms with Crippen molar-refractivity contribution < 1.29 is 23.9 Å². The van der Waals surface area contributed by atoms with Gasteiger partial charge in [-0.25, -0.2) is 4.79 Å². The van der Waals surface area contributed by atoms with Crippen LogP contribution in [0, 0.1) is 5.92 Å². The highest BCUT2D eigenvalue weighted by Gasteiger charge is 2.38. The summed E-state index contributed by atoms with van der Waals surface area (Å²) in [6, 6.07) is 9.07. The lowest BCUT2D eigenvalue weighted by Gasteiger charge is -2.35. The lowest BCUT2D eigenvalue weighted by atomic mass is 9.76. The number of amides is 1. The SMILES string of the molecule is COC(=O)CC(=O)[C@@H]1CC[C@@H]1NC(=O)OCc1ccccc1. The zero-order chi connectivity index (χ0) is 15.9. The minimum atomic E-state index is -0.553. The van der Waals surface area contributed by atoms with Crippen molar-refractivity contribution in [1.82, 2.24) is 5.32 Å². The van der Waals surface area contributed by atoms with Crippen LogP contribution in [0.3, 0.4) is 0 Å². The molecule has 0 radical (unpaired) electrons. The van der Waals surface area contributed by atoms with Gasteiger partial charge in [0.05, 0.1) is 7.11 Å². The van der Waals surface area contributed by atoms with Crippen molar-refractivity contribution in [2.45, 2.75) is 31.9 Å². The summed E-state index contributed by atoms with van der Waals surface area (Å²) in [6.07, 6.45) is 0.569. The number of ketones is 1. The van der Waals surface area contributed by atoms with Gasteiger partial charge in [0.15, 0.2) is 0 Å². The Morgan fingerprint density at radius 2 is 1.91 bits per heavy atom. The molecule has 0 saturated heterocycles. The Balaban J connectivity index is 1.75. The van der Waals surface area contributed by atoms with E-state index in [1.54, 1.807) is 0 Å². The first-order valence-corrected chi connectivity index (χ1v) is 7.17. The van der Waals surface area contributed by atoms with Crippen molar-refractivity contribution >= 4 is 17.8 Å². The van der Waals surface area contributed by atoms with Gasteiger partial charge in [-0.05, 0) is 18.4 Å². The molecule has 1 aliphatic carbocycles. The quantitative estimate of drug-likeness (QED) is 0.640. The molecule has 1 aliphatic rings. The number of carbonyl (C=O) groups is 3. The van der Waals surface area contributed by atoms with Gasteiger partial charge in [0.1, 0.15) is 18.8 Å². The predicted molar refractivity (Wildman–Crippen MR) is 77.9 cm³/mol. The molecule has 0 aromatic heterocycles. The zero-order valence-electron chi connectivity index (χ0n) is 12.4. The van der Waals surface area contributed by atoms with Gasteiger partial charge in [0, 0.05) is 12.0 Å². The summed E-state index contributed by atoms with van der Waals surface area (Å²) in [4.78, 5) is 34.7. The number of nitrogens with one attached hydrogen (secondary N) is 1. The first kappa shape index (κ1) is 16.0. The summed E-state index contributed by atoms with van der Waals surface area (Å²) >= 11 is 0. The normalized spacial score (nSPS) is 19.7. The van der Waals surface area contributed by atoms with Crippen molar-refractivity contribution in [2.75, 3.05) is 7.11 Å². The lowest BCUT2D eigenvalue weighted by molar-refractivity contribution is -0.145. The smallest absolute Gasteiger partial charge is 0.407 e. The van der Waals surface area contributed by atoms with Crippen LogP contribution in [0.2, 0.25) is 0 Å². The molecule has 0 aliphatic heterocycles. The summed E-state index contributed by atoms with van der Waals surface area (Å²) < 4.78 is 9.58. The van der Waals surface area contributed by atoms with E-state index in [1.165, 1.54) is 7.11 Å². The summed E-state index contributed by atoms with van der Waals surface area (Å²) in [5.74, 6) is -1.09. The van der Waals surface area contributed by atoms with Gasteiger partial charge >= 0.3 is 12.1 Å². The van der Waals surface area contributed by atoms with Crippen LogP contribution in [0.25, 0.3) is 0 Å². The molecule has 0 bridgehead atoms. The first-order chi connectivity index (χ1) is 10.6. The van der Waals surface area contributed by atoms with Crippen molar-refractivity contribution in [3.63, 3.8) is 0 Å². The fourth-order valence-corrected chi connectivity index (χ4v) is 2.32. The molecule has 2 rings (SSSR count). The van der Waals surface area contributed by atoms with E-state index in [-0.39, 0.29) is 30.8 Å². The number of hydrogen-bond donors (Lipinski definition) is 1. The van der Waals surface area contributed by atoms with Crippen LogP contribution in [0.5, 0.6) is 0 Å². The van der Waals surface area contributed by atoms with Crippen LogP contribution in [0.4, 0.5) is 4.79 Å². The maximum absolute atomic E-state index is 11.9. The Hall–Kier alpha value is -2.37. The summed E-state index contributed by atoms with van der Waals surface area (Å²) in [6.45, 7) is 0.181. The standard InChI is InChI=1S/C16H19NO5/c1-21-15(19)9-14(18)12-7-8-13(12)17-16(20)22-10-11-5-3-2-4-6-11/h2-6,12-13H,7-10H2,1H3,(H,17,20)/t12-,13+/m1/s1. The minimum Gasteiger partial charge on any atom is -0.469 e. The second-order valence-electron chi connectivity index (χ2n) is 5.22. The summed E-state index contributed by atoms with van der Waals surface area (Å²) in [7, 11) is 1.24. The van der Waals surface area contributed by atoms with Crippen LogP contribution < -0.4 is 5.32 Å². The third-order valence-electron chi connectivity index (χ3n) is 3.75. The van der Waals surface area contributed by atoms with Crippen molar-refractivity contribution in [2.24, 2.45) is 5.92 Å². The molecule has 1 aromatic rings. The number of esters is 1. The van der Waals surface area contributed by atoms with Crippen LogP contribution in [0.1, 0.15) is 24.8 Å². The molecule has 1 saturated carbocycles. The Labute approximate surface area is 128 Å². The molecule has 0 unspecified atom stereocenters. The fraction of sp³-hybridized carbons (Fsp3) is 0.438. The van der Waals surface area contributed by atoms with E-state index in [9.17, 15) is 14.4 Å². The average molecular weight is 305 g/mol. The monoisotopic (exact) mass is 305 g/mol. The number of Topliss-reactive ketones (excluding diaryl/α,β-unsaturated/α-hetero) is 1. The number of ether oxygens (including phenoxy) is 2. The van der Waals surface area contributed by atoms with Gasteiger partial charge in [0.25, 0.3) is 0 Å². The number of carbonyl (C=O) groups excluding carboxylic acids is 3. The largest absolute Gasteiger partial charge is 0.469 e. The van der Waals surface area contributed by atoms with Crippen molar-refractivity contribution in [3.8, 4) is 0 Å². The maximum Gasteiger partial charge on any atom is 0.407 e. The molecule has 0 heterocycles. The third-order valence-corrected chi connectivity index (χ3v) is 3.75. The van der Waals surface area contributed by atoms with Gasteiger partial charge in [0.2, 0.25) is 0 Å². The Bertz CT molecular complexity index is 543. The second kappa shape index (κ2) is 7.59. The zero-order valence-corrected chi connectivity index (χ0v) is 12.4. The molecule has 0 spiro atoms. The van der Waals surface area contributed by atoms with Crippen molar-refractivity contribution in [1.29, 1.82) is 0 Å². The molecule has 6 heteroatoms. The van der Waals surface area contributed by atoms with Crippen molar-refractivity contribution in [3.05, 3.63) is 35.9 Å². The number of hydrogen-bond acceptors (Lipinski definition) is 5. The number of benzene rings is 1. The molecule has 1 aromatic carbocycles. The van der Waals surface area contributed by atoms with Crippen LogP contribution in [-0.2, 0) is 25.7 Å². The minimum absolute atomic E-state index is 0.181. The fourth-order valence-electron chi connectivity index (χ4n) is 2.32. The molecule has 22 heavy (non-hydrogen) atoms. The molecule has 1 N–H and O–H groups in total. The Kier molecular flexibility index (Phi) is 5.52. The topological polar surface area (TPSA) is 81.7 Å². The molecular formula is C16H19NO5. The Morgan fingerprint density at radius 3 is 2.50 bits per heavy atom. The van der Waals surface area contributed by atoms with Gasteiger partial charge < -0.3 is 14.8 Å². The van der Waals surface area contributed by atoms with Crippen LogP contribution in [0.15, 0.2) is 30.3 Å². The van der Waals surface area contributed by atoms with E-state index < -0.39 is 12.1 Å². The highest BCUT2D eigenvalue weighted by Crippen LogP contribution is 2.29. The van der Waals surface area contributed by atoms with E-state index in [4.69, 9.17) is 4.74 Å². The maximum atomic E-state index is 11.9. The van der Waals surface area contributed by atoms with E-state index in [0.29, 0.717) is 12.8 Å².